The number of ether oxygens (including phenoxy) is 2. The molecule has 4 rings (SSSR count). The topological polar surface area (TPSA) is 154 Å². The molecule has 0 spiro atoms. The van der Waals surface area contributed by atoms with E-state index in [-0.39, 0.29) is 37.5 Å². The number of nitrogens with two attached hydrogens (primary N) is 1. The van der Waals surface area contributed by atoms with Gasteiger partial charge in [-0.05, 0) is 32.3 Å². The number of benzene rings is 1. The first kappa shape index (κ1) is 26.6. The van der Waals surface area contributed by atoms with E-state index in [9.17, 15) is 14.4 Å². The molecule has 1 unspecified atom stereocenters. The van der Waals surface area contributed by atoms with Gasteiger partial charge in [0.05, 0.1) is 31.2 Å². The maximum atomic E-state index is 12.7. The van der Waals surface area contributed by atoms with Crippen LogP contribution in [0.4, 0.5) is 4.79 Å². The molecule has 1 aromatic heterocycles. The van der Waals surface area contributed by atoms with Crippen molar-refractivity contribution in [3.63, 3.8) is 0 Å². The Morgan fingerprint density at radius 3 is 2.76 bits per heavy atom. The standard InChI is InChI=1S/C25H35N7O5/c1-25(2,26)23(34)28-19(16-36-14-17-7-4-3-5-8-17)21-30-29-20-13-31(11-12-32(20)21)24(35)37-15-18-9-6-10-27-22(18)33/h3-5,7-8,18-19H,6,9-16,26H2,1-2H3,(H,27,33)(H,28,34)/t18?,19-/m1/s1. The maximum Gasteiger partial charge on any atom is 0.410 e. The van der Waals surface area contributed by atoms with Crippen molar-refractivity contribution in [2.24, 2.45) is 11.7 Å². The van der Waals surface area contributed by atoms with Crippen LogP contribution < -0.4 is 16.4 Å². The molecule has 2 atom stereocenters. The third-order valence-electron chi connectivity index (χ3n) is 6.45. The number of hydrogen-bond acceptors (Lipinski definition) is 8. The van der Waals surface area contributed by atoms with Crippen molar-refractivity contribution in [1.29, 1.82) is 0 Å². The number of aromatic nitrogens is 3. The van der Waals surface area contributed by atoms with Crippen molar-refractivity contribution < 1.29 is 23.9 Å². The second-order valence-electron chi connectivity index (χ2n) is 10.0. The van der Waals surface area contributed by atoms with Gasteiger partial charge in [-0.3, -0.25) is 14.5 Å². The number of rotatable bonds is 9. The Morgan fingerprint density at radius 2 is 2.03 bits per heavy atom. The molecule has 3 amide bonds. The molecule has 12 nitrogen and oxygen atoms in total. The van der Waals surface area contributed by atoms with E-state index in [4.69, 9.17) is 15.2 Å². The molecular weight excluding hydrogens is 478 g/mol. The molecule has 2 aliphatic heterocycles. The average molecular weight is 514 g/mol. The van der Waals surface area contributed by atoms with Gasteiger partial charge < -0.3 is 30.4 Å². The van der Waals surface area contributed by atoms with Gasteiger partial charge in [-0.2, -0.15) is 0 Å². The van der Waals surface area contributed by atoms with Crippen molar-refractivity contribution in [3.05, 3.63) is 47.5 Å². The van der Waals surface area contributed by atoms with Crippen LogP contribution in [0.25, 0.3) is 0 Å². The highest BCUT2D eigenvalue weighted by atomic mass is 16.6. The zero-order valence-electron chi connectivity index (χ0n) is 21.3. The Labute approximate surface area is 215 Å². The van der Waals surface area contributed by atoms with E-state index in [1.54, 1.807) is 13.8 Å². The number of nitrogens with one attached hydrogen (secondary N) is 2. The van der Waals surface area contributed by atoms with E-state index < -0.39 is 17.7 Å². The second-order valence-corrected chi connectivity index (χ2v) is 10.0. The van der Waals surface area contributed by atoms with E-state index >= 15 is 0 Å². The van der Waals surface area contributed by atoms with Gasteiger partial charge in [-0.25, -0.2) is 4.79 Å². The Bertz CT molecular complexity index is 1100. The van der Waals surface area contributed by atoms with Crippen molar-refractivity contribution >= 4 is 17.9 Å². The largest absolute Gasteiger partial charge is 0.449 e. The van der Waals surface area contributed by atoms with Crippen LogP contribution >= 0.6 is 0 Å². The molecule has 1 fully saturated rings. The van der Waals surface area contributed by atoms with Crippen LogP contribution in [0, 0.1) is 5.92 Å². The summed E-state index contributed by atoms with van der Waals surface area (Å²) < 4.78 is 13.2. The molecular formula is C25H35N7O5. The summed E-state index contributed by atoms with van der Waals surface area (Å²) >= 11 is 0. The van der Waals surface area contributed by atoms with Gasteiger partial charge in [0.1, 0.15) is 12.6 Å². The molecule has 0 radical (unpaired) electrons. The molecule has 2 aliphatic rings. The van der Waals surface area contributed by atoms with Crippen LogP contribution in [0.15, 0.2) is 30.3 Å². The van der Waals surface area contributed by atoms with Crippen molar-refractivity contribution in [1.82, 2.24) is 30.3 Å². The third-order valence-corrected chi connectivity index (χ3v) is 6.45. The number of carbonyl (C=O) groups is 3. The van der Waals surface area contributed by atoms with Gasteiger partial charge in [0.25, 0.3) is 0 Å². The normalized spacial score (nSPS) is 18.5. The predicted octanol–water partition coefficient (Wildman–Crippen LogP) is 0.868. The van der Waals surface area contributed by atoms with E-state index in [0.717, 1.165) is 12.0 Å². The Morgan fingerprint density at radius 1 is 1.24 bits per heavy atom. The molecule has 37 heavy (non-hydrogen) atoms. The quantitative estimate of drug-likeness (QED) is 0.446. The van der Waals surface area contributed by atoms with Crippen LogP contribution in [0.5, 0.6) is 0 Å². The Hall–Kier alpha value is -3.51. The first-order chi connectivity index (χ1) is 17.7. The lowest BCUT2D eigenvalue weighted by Gasteiger charge is -2.30. The van der Waals surface area contributed by atoms with Crippen LogP contribution in [0.2, 0.25) is 0 Å². The van der Waals surface area contributed by atoms with E-state index in [1.165, 1.54) is 4.90 Å². The summed E-state index contributed by atoms with van der Waals surface area (Å²) in [6.07, 6.45) is 1.09. The van der Waals surface area contributed by atoms with Crippen molar-refractivity contribution in [2.45, 2.75) is 58.0 Å². The number of hydrogen-bond donors (Lipinski definition) is 3. The molecule has 4 N–H and O–H groups in total. The van der Waals surface area contributed by atoms with Crippen LogP contribution in [-0.2, 0) is 38.8 Å². The van der Waals surface area contributed by atoms with E-state index in [1.807, 2.05) is 34.9 Å². The summed E-state index contributed by atoms with van der Waals surface area (Å²) in [5.41, 5.74) is 5.93. The lowest BCUT2D eigenvalue weighted by atomic mass is 10.00. The monoisotopic (exact) mass is 513 g/mol. The van der Waals surface area contributed by atoms with Gasteiger partial charge in [-0.15, -0.1) is 10.2 Å². The lowest BCUT2D eigenvalue weighted by Crippen LogP contribution is -2.51. The first-order valence-corrected chi connectivity index (χ1v) is 12.6. The molecule has 2 aromatic rings. The van der Waals surface area contributed by atoms with Crippen LogP contribution in [0.3, 0.4) is 0 Å². The van der Waals surface area contributed by atoms with Crippen LogP contribution in [-0.4, -0.2) is 69.4 Å². The second kappa shape index (κ2) is 11.7. The lowest BCUT2D eigenvalue weighted by molar-refractivity contribution is -0.128. The Kier molecular flexibility index (Phi) is 8.39. The van der Waals surface area contributed by atoms with E-state index in [2.05, 4.69) is 20.8 Å². The van der Waals surface area contributed by atoms with Crippen molar-refractivity contribution in [3.8, 4) is 0 Å². The summed E-state index contributed by atoms with van der Waals surface area (Å²) in [6, 6.07) is 9.15. The smallest absolute Gasteiger partial charge is 0.410 e. The third kappa shape index (κ3) is 6.83. The van der Waals surface area contributed by atoms with Gasteiger partial charge in [0.2, 0.25) is 11.8 Å². The fourth-order valence-corrected chi connectivity index (χ4v) is 4.25. The molecule has 1 aromatic carbocycles. The molecule has 200 valence electrons. The first-order valence-electron chi connectivity index (χ1n) is 12.6. The summed E-state index contributed by atoms with van der Waals surface area (Å²) in [5, 5.41) is 14.3. The number of fused-ring (bicyclic) bond motifs is 1. The molecule has 0 bridgehead atoms. The van der Waals surface area contributed by atoms with Gasteiger partial charge in [0, 0.05) is 19.6 Å². The number of carbonyl (C=O) groups excluding carboxylic acids is 3. The van der Waals surface area contributed by atoms with Crippen LogP contribution in [0.1, 0.15) is 49.9 Å². The Balaban J connectivity index is 1.40. The average Bonchev–Trinajstić information content (AvgIpc) is 3.30. The summed E-state index contributed by atoms with van der Waals surface area (Å²) in [6.45, 7) is 5.53. The summed E-state index contributed by atoms with van der Waals surface area (Å²) in [4.78, 5) is 38.8. The SMILES string of the molecule is CC(C)(N)C(=O)N[C@H](COCc1ccccc1)c1nnc2n1CCN(C(=O)OCC1CCCNC1=O)C2. The zero-order valence-corrected chi connectivity index (χ0v) is 21.3. The number of nitrogens with zero attached hydrogens (tertiary/aromatic N) is 4. The van der Waals surface area contributed by atoms with Gasteiger partial charge >= 0.3 is 6.09 Å². The minimum absolute atomic E-state index is 0.0564. The van der Waals surface area contributed by atoms with Crippen molar-refractivity contribution in [2.75, 3.05) is 26.3 Å². The minimum Gasteiger partial charge on any atom is -0.449 e. The molecule has 0 saturated carbocycles. The molecule has 1 saturated heterocycles. The molecule has 0 aliphatic carbocycles. The number of amides is 3. The molecule has 12 heteroatoms. The van der Waals surface area contributed by atoms with Gasteiger partial charge in [0.15, 0.2) is 11.6 Å². The van der Waals surface area contributed by atoms with Gasteiger partial charge in [-0.1, -0.05) is 30.3 Å². The predicted molar refractivity (Wildman–Crippen MR) is 133 cm³/mol. The van der Waals surface area contributed by atoms with E-state index in [0.29, 0.717) is 44.3 Å². The summed E-state index contributed by atoms with van der Waals surface area (Å²) in [7, 11) is 0. The number of piperidine rings is 1. The maximum absolute atomic E-state index is 12.7. The molecule has 3 heterocycles. The minimum atomic E-state index is -1.09. The summed E-state index contributed by atoms with van der Waals surface area (Å²) in [5.74, 6) is 0.372. The highest BCUT2D eigenvalue weighted by Crippen LogP contribution is 2.20. The highest BCUT2D eigenvalue weighted by Gasteiger charge is 2.32. The fraction of sp³-hybridized carbons (Fsp3) is 0.560. The fourth-order valence-electron chi connectivity index (χ4n) is 4.25. The zero-order chi connectivity index (χ0) is 26.4. The highest BCUT2D eigenvalue weighted by molar-refractivity contribution is 5.85.